The summed E-state index contributed by atoms with van der Waals surface area (Å²) in [5, 5.41) is 9.30. The molecule has 20 heavy (non-hydrogen) atoms. The quantitative estimate of drug-likeness (QED) is 0.911. The molecule has 1 aliphatic heterocycles. The molecule has 0 amide bonds. The van der Waals surface area contributed by atoms with Gasteiger partial charge in [0, 0.05) is 17.8 Å². The highest BCUT2D eigenvalue weighted by Crippen LogP contribution is 2.32. The van der Waals surface area contributed by atoms with Gasteiger partial charge in [-0.2, -0.15) is 0 Å². The van der Waals surface area contributed by atoms with E-state index in [1.54, 1.807) is 12.1 Å². The van der Waals surface area contributed by atoms with Crippen LogP contribution in [0.2, 0.25) is 0 Å². The van der Waals surface area contributed by atoms with Gasteiger partial charge in [-0.3, -0.25) is 0 Å². The van der Waals surface area contributed by atoms with Crippen molar-refractivity contribution in [1.82, 2.24) is 4.98 Å². The van der Waals surface area contributed by atoms with Gasteiger partial charge in [0.2, 0.25) is 0 Å². The lowest BCUT2D eigenvalue weighted by atomic mass is 10.1. The van der Waals surface area contributed by atoms with Crippen LogP contribution in [-0.2, 0) is 0 Å². The van der Waals surface area contributed by atoms with Gasteiger partial charge in [-0.05, 0) is 44.2 Å². The Balaban J connectivity index is 2.46. The van der Waals surface area contributed by atoms with Gasteiger partial charge in [0.25, 0.3) is 0 Å². The van der Waals surface area contributed by atoms with Crippen molar-refractivity contribution in [3.63, 3.8) is 0 Å². The molecule has 4 nitrogen and oxygen atoms in total. The van der Waals surface area contributed by atoms with Crippen molar-refractivity contribution < 1.29 is 9.90 Å². The number of carbonyl (C=O) groups is 1. The summed E-state index contributed by atoms with van der Waals surface area (Å²) < 4.78 is 0. The number of hydrogen-bond acceptors (Lipinski definition) is 3. The van der Waals surface area contributed by atoms with Gasteiger partial charge in [-0.25, -0.2) is 9.78 Å². The molecule has 0 radical (unpaired) electrons. The van der Waals surface area contributed by atoms with Crippen molar-refractivity contribution in [2.75, 3.05) is 4.90 Å². The Labute approximate surface area is 120 Å². The second-order valence-corrected chi connectivity index (χ2v) is 5.99. The van der Waals surface area contributed by atoms with E-state index in [1.165, 1.54) is 0 Å². The van der Waals surface area contributed by atoms with E-state index in [-0.39, 0.29) is 5.92 Å². The molecule has 1 saturated heterocycles. The van der Waals surface area contributed by atoms with Crippen LogP contribution in [0.3, 0.4) is 0 Å². The fourth-order valence-electron chi connectivity index (χ4n) is 2.97. The molecule has 1 fully saturated rings. The zero-order valence-corrected chi connectivity index (χ0v) is 12.8. The molecule has 0 aromatic carbocycles. The average Bonchev–Trinajstić information content (AvgIpc) is 2.79. The summed E-state index contributed by atoms with van der Waals surface area (Å²) in [6.45, 7) is 8.46. The first kappa shape index (κ1) is 14.8. The van der Waals surface area contributed by atoms with Crippen LogP contribution in [0.4, 0.5) is 5.82 Å². The predicted octanol–water partition coefficient (Wildman–Crippen LogP) is 3.67. The monoisotopic (exact) mass is 276 g/mol. The third-order valence-electron chi connectivity index (χ3n) is 4.19. The third kappa shape index (κ3) is 2.79. The van der Waals surface area contributed by atoms with Crippen molar-refractivity contribution in [3.05, 3.63) is 23.4 Å². The fourth-order valence-corrected chi connectivity index (χ4v) is 2.97. The smallest absolute Gasteiger partial charge is 0.335 e. The summed E-state index contributed by atoms with van der Waals surface area (Å²) in [5.74, 6) is 0.173. The molecule has 1 N–H and O–H groups in total. The molecule has 0 spiro atoms. The lowest BCUT2D eigenvalue weighted by molar-refractivity contribution is 0.0696. The van der Waals surface area contributed by atoms with Crippen molar-refractivity contribution in [2.45, 2.75) is 65.0 Å². The largest absolute Gasteiger partial charge is 0.478 e. The van der Waals surface area contributed by atoms with E-state index in [9.17, 15) is 9.90 Å². The highest BCUT2D eigenvalue weighted by molar-refractivity contribution is 5.88. The Bertz CT molecular complexity index is 499. The first-order valence-corrected chi connectivity index (χ1v) is 7.47. The standard InChI is InChI=1S/C16H24N2O2/c1-5-13-7-6-11(4)18(13)15-9-12(16(19)20)8-14(17-15)10(2)3/h8-11,13H,5-7H2,1-4H3,(H,19,20). The number of nitrogens with zero attached hydrogens (tertiary/aromatic N) is 2. The minimum absolute atomic E-state index is 0.228. The maximum Gasteiger partial charge on any atom is 0.335 e. The second-order valence-electron chi connectivity index (χ2n) is 5.99. The summed E-state index contributed by atoms with van der Waals surface area (Å²) >= 11 is 0. The Kier molecular flexibility index (Phi) is 4.31. The number of aromatic nitrogens is 1. The summed E-state index contributed by atoms with van der Waals surface area (Å²) in [7, 11) is 0. The van der Waals surface area contributed by atoms with E-state index in [0.29, 0.717) is 17.6 Å². The number of aromatic carboxylic acids is 1. The van der Waals surface area contributed by atoms with Gasteiger partial charge in [0.15, 0.2) is 0 Å². The molecule has 0 bridgehead atoms. The van der Waals surface area contributed by atoms with Gasteiger partial charge < -0.3 is 10.0 Å². The average molecular weight is 276 g/mol. The van der Waals surface area contributed by atoms with Crippen molar-refractivity contribution in [1.29, 1.82) is 0 Å². The van der Waals surface area contributed by atoms with Gasteiger partial charge in [-0.1, -0.05) is 20.8 Å². The van der Waals surface area contributed by atoms with Gasteiger partial charge in [-0.15, -0.1) is 0 Å². The summed E-state index contributed by atoms with van der Waals surface area (Å²) in [5.41, 5.74) is 1.20. The maximum atomic E-state index is 11.3. The molecule has 0 saturated carbocycles. The van der Waals surface area contributed by atoms with Crippen molar-refractivity contribution in [2.24, 2.45) is 0 Å². The van der Waals surface area contributed by atoms with E-state index >= 15 is 0 Å². The fraction of sp³-hybridized carbons (Fsp3) is 0.625. The minimum atomic E-state index is -0.879. The molecule has 1 aromatic rings. The van der Waals surface area contributed by atoms with Crippen LogP contribution >= 0.6 is 0 Å². The second kappa shape index (κ2) is 5.81. The molecule has 110 valence electrons. The highest BCUT2D eigenvalue weighted by Gasteiger charge is 2.31. The van der Waals surface area contributed by atoms with E-state index in [1.807, 2.05) is 13.8 Å². The number of carboxylic acid groups (broad SMARTS) is 1. The van der Waals surface area contributed by atoms with E-state index < -0.39 is 5.97 Å². The Morgan fingerprint density at radius 3 is 2.70 bits per heavy atom. The number of rotatable bonds is 4. The van der Waals surface area contributed by atoms with Gasteiger partial charge >= 0.3 is 5.97 Å². The molecule has 1 aromatic heterocycles. The minimum Gasteiger partial charge on any atom is -0.478 e. The van der Waals surface area contributed by atoms with Crippen LogP contribution in [0.25, 0.3) is 0 Å². The number of carboxylic acids is 1. The molecule has 4 heteroatoms. The van der Waals surface area contributed by atoms with Crippen molar-refractivity contribution >= 4 is 11.8 Å². The van der Waals surface area contributed by atoms with Crippen LogP contribution in [0.5, 0.6) is 0 Å². The van der Waals surface area contributed by atoms with Crippen LogP contribution in [-0.4, -0.2) is 28.1 Å². The Hall–Kier alpha value is -1.58. The summed E-state index contributed by atoms with van der Waals surface area (Å²) in [4.78, 5) is 18.3. The van der Waals surface area contributed by atoms with Crippen LogP contribution in [0.1, 0.15) is 68.9 Å². The zero-order valence-electron chi connectivity index (χ0n) is 12.8. The molecule has 2 unspecified atom stereocenters. The van der Waals surface area contributed by atoms with E-state index in [2.05, 4.69) is 18.7 Å². The molecule has 2 rings (SSSR count). The summed E-state index contributed by atoms with van der Waals surface area (Å²) in [6.07, 6.45) is 3.38. The Morgan fingerprint density at radius 1 is 1.45 bits per heavy atom. The first-order valence-electron chi connectivity index (χ1n) is 7.47. The lowest BCUT2D eigenvalue weighted by Crippen LogP contribution is -2.35. The lowest BCUT2D eigenvalue weighted by Gasteiger charge is -2.30. The zero-order chi connectivity index (χ0) is 14.9. The molecular formula is C16H24N2O2. The first-order chi connectivity index (χ1) is 9.43. The predicted molar refractivity (Wildman–Crippen MR) is 80.5 cm³/mol. The maximum absolute atomic E-state index is 11.3. The summed E-state index contributed by atoms with van der Waals surface area (Å²) in [6, 6.07) is 4.31. The highest BCUT2D eigenvalue weighted by atomic mass is 16.4. The normalized spacial score (nSPS) is 22.6. The van der Waals surface area contributed by atoms with Crippen LogP contribution in [0.15, 0.2) is 12.1 Å². The molecule has 1 aliphatic rings. The topological polar surface area (TPSA) is 53.4 Å². The van der Waals surface area contributed by atoms with E-state index in [4.69, 9.17) is 4.98 Å². The number of pyridine rings is 1. The van der Waals surface area contributed by atoms with Gasteiger partial charge in [0.1, 0.15) is 5.82 Å². The molecule has 2 atom stereocenters. The Morgan fingerprint density at radius 2 is 2.15 bits per heavy atom. The molecular weight excluding hydrogens is 252 g/mol. The van der Waals surface area contributed by atoms with Crippen molar-refractivity contribution in [3.8, 4) is 0 Å². The number of hydrogen-bond donors (Lipinski definition) is 1. The van der Waals surface area contributed by atoms with Gasteiger partial charge in [0.05, 0.1) is 5.56 Å². The number of anilines is 1. The van der Waals surface area contributed by atoms with E-state index in [0.717, 1.165) is 30.8 Å². The molecule has 2 heterocycles. The molecule has 0 aliphatic carbocycles. The van der Waals surface area contributed by atoms with Crippen LogP contribution in [0, 0.1) is 0 Å². The third-order valence-corrected chi connectivity index (χ3v) is 4.19. The SMILES string of the molecule is CCC1CCC(C)N1c1cc(C(=O)O)cc(C(C)C)n1. The van der Waals surface area contributed by atoms with Crippen LogP contribution < -0.4 is 4.90 Å².